The molecule has 2 fully saturated rings. The number of anilines is 2. The normalized spacial score (nSPS) is 18.5. The molecule has 4 N–H and O–H groups in total. The summed E-state index contributed by atoms with van der Waals surface area (Å²) >= 11 is 0. The number of nitrogens with two attached hydrogens (primary N) is 1. The van der Waals surface area contributed by atoms with Crippen molar-refractivity contribution in [1.29, 1.82) is 0 Å². The molecule has 3 amide bonds. The van der Waals surface area contributed by atoms with Gasteiger partial charge in [-0.15, -0.1) is 0 Å². The van der Waals surface area contributed by atoms with E-state index < -0.39 is 5.54 Å². The Bertz CT molecular complexity index is 1000. The van der Waals surface area contributed by atoms with Gasteiger partial charge >= 0.3 is 6.03 Å². The highest BCUT2D eigenvalue weighted by atomic mass is 16.3. The molecule has 1 aromatic heterocycles. The number of hydrogen-bond acceptors (Lipinski definition) is 7. The Morgan fingerprint density at radius 1 is 1.13 bits per heavy atom. The highest BCUT2D eigenvalue weighted by Crippen LogP contribution is 2.39. The van der Waals surface area contributed by atoms with E-state index in [1.165, 1.54) is 6.07 Å². The Morgan fingerprint density at radius 3 is 2.47 bits per heavy atom. The first-order chi connectivity index (χ1) is 14.4. The van der Waals surface area contributed by atoms with Gasteiger partial charge in [0.1, 0.15) is 11.4 Å². The smallest absolute Gasteiger partial charge is 0.328 e. The van der Waals surface area contributed by atoms with Crippen LogP contribution in [0.15, 0.2) is 41.2 Å². The van der Waals surface area contributed by atoms with Crippen molar-refractivity contribution < 1.29 is 14.7 Å². The molecule has 1 aromatic carbocycles. The fraction of sp³-hybridized carbons (Fsp3) is 0.400. The van der Waals surface area contributed by atoms with Crippen molar-refractivity contribution in [3.63, 3.8) is 0 Å². The summed E-state index contributed by atoms with van der Waals surface area (Å²) in [6.07, 6.45) is 0.779. The first-order valence-corrected chi connectivity index (χ1v) is 9.85. The lowest BCUT2D eigenvalue weighted by Gasteiger charge is -2.42. The van der Waals surface area contributed by atoms with Gasteiger partial charge in [-0.25, -0.2) is 4.79 Å². The van der Waals surface area contributed by atoms with E-state index in [0.29, 0.717) is 38.3 Å². The average Bonchev–Trinajstić information content (AvgIpc) is 2.91. The van der Waals surface area contributed by atoms with Crippen molar-refractivity contribution in [1.82, 2.24) is 19.8 Å². The quantitative estimate of drug-likeness (QED) is 0.595. The molecule has 2 aliphatic heterocycles. The highest BCUT2D eigenvalue weighted by molar-refractivity contribution is 6.07. The van der Waals surface area contributed by atoms with Crippen LogP contribution >= 0.6 is 0 Å². The number of aliphatic hydroxyl groups excluding tert-OH is 1. The molecule has 0 saturated carbocycles. The fourth-order valence-electron chi connectivity index (χ4n) is 4.28. The van der Waals surface area contributed by atoms with E-state index >= 15 is 0 Å². The van der Waals surface area contributed by atoms with E-state index in [4.69, 9.17) is 5.73 Å². The molecule has 0 atom stereocenters. The van der Waals surface area contributed by atoms with Gasteiger partial charge in [0, 0.05) is 25.7 Å². The molecule has 0 radical (unpaired) electrons. The summed E-state index contributed by atoms with van der Waals surface area (Å²) in [5.74, 6) is 0.199. The van der Waals surface area contributed by atoms with Gasteiger partial charge in [-0.3, -0.25) is 19.5 Å². The zero-order valence-electron chi connectivity index (χ0n) is 16.5. The monoisotopic (exact) mass is 412 g/mol. The second kappa shape index (κ2) is 7.79. The second-order valence-electron chi connectivity index (χ2n) is 7.54. The highest BCUT2D eigenvalue weighted by Gasteiger charge is 2.57. The third kappa shape index (κ3) is 3.39. The number of carbonyl (C=O) groups excluding carboxylic acids is 2. The number of hydrogen-bond donors (Lipinski definition) is 3. The molecule has 2 saturated heterocycles. The molecule has 10 nitrogen and oxygen atoms in total. The Labute approximate surface area is 172 Å². The van der Waals surface area contributed by atoms with Crippen molar-refractivity contribution in [2.24, 2.45) is 0 Å². The molecular weight excluding hydrogens is 388 g/mol. The predicted octanol–water partition coefficient (Wildman–Crippen LogP) is 0.148. The van der Waals surface area contributed by atoms with Gasteiger partial charge in [-0.05, 0) is 18.4 Å². The molecule has 158 valence electrons. The molecule has 2 aliphatic rings. The molecule has 0 aliphatic carbocycles. The number of aromatic nitrogens is 2. The van der Waals surface area contributed by atoms with Crippen LogP contribution in [0.3, 0.4) is 0 Å². The van der Waals surface area contributed by atoms with Gasteiger partial charge in [-0.1, -0.05) is 30.3 Å². The maximum Gasteiger partial charge on any atom is 0.328 e. The van der Waals surface area contributed by atoms with Crippen LogP contribution in [0.25, 0.3) is 0 Å². The number of urea groups is 1. The van der Waals surface area contributed by atoms with Crippen LogP contribution in [0.2, 0.25) is 0 Å². The molecular formula is C20H24N6O4. The van der Waals surface area contributed by atoms with E-state index in [1.54, 1.807) is 4.90 Å². The average molecular weight is 412 g/mol. The summed E-state index contributed by atoms with van der Waals surface area (Å²) in [4.78, 5) is 49.3. The molecule has 2 aromatic rings. The van der Waals surface area contributed by atoms with Crippen LogP contribution in [0.4, 0.5) is 16.6 Å². The number of aliphatic hydroxyl groups is 1. The van der Waals surface area contributed by atoms with Gasteiger partial charge < -0.3 is 20.6 Å². The topological polar surface area (TPSA) is 136 Å². The van der Waals surface area contributed by atoms with Crippen LogP contribution in [0.5, 0.6) is 0 Å². The van der Waals surface area contributed by atoms with Crippen molar-refractivity contribution in [3.8, 4) is 0 Å². The first kappa shape index (κ1) is 19.9. The maximum absolute atomic E-state index is 13.3. The van der Waals surface area contributed by atoms with Gasteiger partial charge in [0.2, 0.25) is 5.95 Å². The van der Waals surface area contributed by atoms with E-state index in [0.717, 1.165) is 10.5 Å². The molecule has 0 bridgehead atoms. The fourth-order valence-corrected chi connectivity index (χ4v) is 4.28. The van der Waals surface area contributed by atoms with Crippen molar-refractivity contribution >= 4 is 23.7 Å². The Morgan fingerprint density at radius 2 is 1.83 bits per heavy atom. The number of aromatic amines is 1. The second-order valence-corrected chi connectivity index (χ2v) is 7.54. The van der Waals surface area contributed by atoms with Gasteiger partial charge in [-0.2, -0.15) is 4.98 Å². The van der Waals surface area contributed by atoms with E-state index in [-0.39, 0.29) is 36.6 Å². The number of nitrogens with zero attached hydrogens (tertiary/aromatic N) is 4. The lowest BCUT2D eigenvalue weighted by molar-refractivity contribution is -0.134. The standard InChI is InChI=1S/C20H24N6O4/c21-18-22-15(12-16(28)23-18)24-8-6-20(7-9-24)17(29)25(10-11-27)19(30)26(20)13-14-4-2-1-3-5-14/h1-5,12,27H,6-11,13H2,(H3,21,22,23,28). The van der Waals surface area contributed by atoms with E-state index in [9.17, 15) is 19.5 Å². The Balaban J connectivity index is 1.61. The summed E-state index contributed by atoms with van der Waals surface area (Å²) in [7, 11) is 0. The number of amides is 3. The number of nitrogen functional groups attached to an aromatic ring is 1. The number of nitrogens with one attached hydrogen (secondary N) is 1. The lowest BCUT2D eigenvalue weighted by Crippen LogP contribution is -2.56. The minimum Gasteiger partial charge on any atom is -0.395 e. The van der Waals surface area contributed by atoms with Crippen LogP contribution < -0.4 is 16.2 Å². The molecule has 3 heterocycles. The molecule has 10 heteroatoms. The number of carbonyl (C=O) groups is 2. The van der Waals surface area contributed by atoms with Crippen LogP contribution in [-0.4, -0.2) is 68.6 Å². The number of β-amino-alcohol motifs (C(OH)–C–C–N with tert-alkyl or cyclic N) is 1. The van der Waals surface area contributed by atoms with Gasteiger partial charge in [0.15, 0.2) is 0 Å². The number of piperidine rings is 1. The van der Waals surface area contributed by atoms with Crippen LogP contribution in [0, 0.1) is 0 Å². The molecule has 0 unspecified atom stereocenters. The maximum atomic E-state index is 13.3. The lowest BCUT2D eigenvalue weighted by atomic mass is 9.85. The SMILES string of the molecule is Nc1nc(N2CCC3(CC2)C(=O)N(CCO)C(=O)N3Cc2ccccc2)cc(=O)[nH]1. The molecule has 30 heavy (non-hydrogen) atoms. The summed E-state index contributed by atoms with van der Waals surface area (Å²) in [5, 5.41) is 9.34. The third-order valence-electron chi connectivity index (χ3n) is 5.79. The largest absolute Gasteiger partial charge is 0.395 e. The number of imide groups is 1. The van der Waals surface area contributed by atoms with Gasteiger partial charge in [0.25, 0.3) is 11.5 Å². The Hall–Kier alpha value is -3.40. The summed E-state index contributed by atoms with van der Waals surface area (Å²) < 4.78 is 0. The zero-order valence-corrected chi connectivity index (χ0v) is 16.5. The zero-order chi connectivity index (χ0) is 21.3. The molecule has 4 rings (SSSR count). The third-order valence-corrected chi connectivity index (χ3v) is 5.79. The van der Waals surface area contributed by atoms with Crippen molar-refractivity contribution in [3.05, 3.63) is 52.3 Å². The number of benzene rings is 1. The Kier molecular flexibility index (Phi) is 5.17. The minimum atomic E-state index is -0.981. The summed E-state index contributed by atoms with van der Waals surface area (Å²) in [6, 6.07) is 10.5. The minimum absolute atomic E-state index is 0.0272. The predicted molar refractivity (Wildman–Crippen MR) is 110 cm³/mol. The number of rotatable bonds is 5. The van der Waals surface area contributed by atoms with Crippen LogP contribution in [0.1, 0.15) is 18.4 Å². The summed E-state index contributed by atoms with van der Waals surface area (Å²) in [6.45, 7) is 0.874. The van der Waals surface area contributed by atoms with Crippen molar-refractivity contribution in [2.45, 2.75) is 24.9 Å². The van der Waals surface area contributed by atoms with E-state index in [2.05, 4.69) is 9.97 Å². The molecule has 1 spiro atoms. The number of H-pyrrole nitrogens is 1. The van der Waals surface area contributed by atoms with Crippen molar-refractivity contribution in [2.75, 3.05) is 36.9 Å². The van der Waals surface area contributed by atoms with E-state index in [1.807, 2.05) is 35.2 Å². The summed E-state index contributed by atoms with van der Waals surface area (Å²) in [5.41, 5.74) is 5.25. The first-order valence-electron chi connectivity index (χ1n) is 9.85. The van der Waals surface area contributed by atoms with Gasteiger partial charge in [0.05, 0.1) is 13.2 Å². The van der Waals surface area contributed by atoms with Crippen LogP contribution in [-0.2, 0) is 11.3 Å².